The molecule has 3 nitrogen and oxygen atoms in total. The zero-order valence-electron chi connectivity index (χ0n) is 10.2. The van der Waals surface area contributed by atoms with Gasteiger partial charge in [-0.15, -0.1) is 0 Å². The van der Waals surface area contributed by atoms with Gasteiger partial charge in [0, 0.05) is 0 Å². The highest BCUT2D eigenvalue weighted by atomic mass is 19.4. The average Bonchev–Trinajstić information content (AvgIpc) is 2.23. The maximum Gasteiger partial charge on any atom is 0.455 e. The van der Waals surface area contributed by atoms with Crippen molar-refractivity contribution in [3.8, 4) is 0 Å². The third-order valence-electron chi connectivity index (χ3n) is 2.49. The number of nitrogens with one attached hydrogen (secondary N) is 1. The fourth-order valence-corrected chi connectivity index (χ4v) is 1.31. The number of anilines is 1. The predicted molar refractivity (Wildman–Crippen MR) is 63.8 cm³/mol. The van der Waals surface area contributed by atoms with Gasteiger partial charge in [-0.05, 0) is 43.5 Å². The number of rotatable bonds is 3. The Labute approximate surface area is 103 Å². The molecule has 98 valence electrons. The third-order valence-corrected chi connectivity index (χ3v) is 2.49. The van der Waals surface area contributed by atoms with Crippen LogP contribution in [-0.4, -0.2) is 18.2 Å². The molecule has 1 aromatic rings. The van der Waals surface area contributed by atoms with E-state index in [1.54, 1.807) is 13.0 Å². The van der Waals surface area contributed by atoms with Gasteiger partial charge in [-0.1, -0.05) is 6.07 Å². The van der Waals surface area contributed by atoms with Crippen LogP contribution in [0.15, 0.2) is 17.2 Å². The standard InChI is InChI=1S/C12H13F3N2O/c1-7-4-9(3)10(5-8(7)2)17-16-6-11(18)12(13,14)15/h4-6,17H,1-3H3/b16-6+. The van der Waals surface area contributed by atoms with Crippen LogP contribution in [0, 0.1) is 20.8 Å². The topological polar surface area (TPSA) is 41.5 Å². The Morgan fingerprint density at radius 1 is 1.17 bits per heavy atom. The second-order valence-electron chi connectivity index (χ2n) is 3.98. The van der Waals surface area contributed by atoms with Crippen LogP contribution in [0.5, 0.6) is 0 Å². The van der Waals surface area contributed by atoms with E-state index in [4.69, 9.17) is 0 Å². The molecule has 18 heavy (non-hydrogen) atoms. The summed E-state index contributed by atoms with van der Waals surface area (Å²) in [6.45, 7) is 5.61. The van der Waals surface area contributed by atoms with Crippen molar-refractivity contribution in [2.45, 2.75) is 26.9 Å². The van der Waals surface area contributed by atoms with Crippen molar-refractivity contribution < 1.29 is 18.0 Å². The Morgan fingerprint density at radius 2 is 1.72 bits per heavy atom. The second kappa shape index (κ2) is 5.20. The van der Waals surface area contributed by atoms with E-state index >= 15 is 0 Å². The first-order valence-electron chi connectivity index (χ1n) is 5.20. The van der Waals surface area contributed by atoms with Crippen LogP contribution in [0.1, 0.15) is 16.7 Å². The van der Waals surface area contributed by atoms with E-state index in [-0.39, 0.29) is 6.21 Å². The SMILES string of the molecule is Cc1cc(C)c(N/N=C/C(=O)C(F)(F)F)cc1C. The highest BCUT2D eigenvalue weighted by molar-refractivity contribution is 6.30. The second-order valence-corrected chi connectivity index (χ2v) is 3.98. The molecule has 0 aromatic heterocycles. The van der Waals surface area contributed by atoms with E-state index in [2.05, 4.69) is 10.5 Å². The number of carbonyl (C=O) groups excluding carboxylic acids is 1. The maximum absolute atomic E-state index is 11.9. The lowest BCUT2D eigenvalue weighted by molar-refractivity contribution is -0.162. The van der Waals surface area contributed by atoms with Crippen molar-refractivity contribution >= 4 is 17.7 Å². The number of hydrazone groups is 1. The van der Waals surface area contributed by atoms with Crippen LogP contribution >= 0.6 is 0 Å². The molecule has 0 saturated heterocycles. The molecule has 0 bridgehead atoms. The first kappa shape index (κ1) is 14.2. The summed E-state index contributed by atoms with van der Waals surface area (Å²) in [5, 5.41) is 3.30. The van der Waals surface area contributed by atoms with Crippen molar-refractivity contribution in [3.63, 3.8) is 0 Å². The quantitative estimate of drug-likeness (QED) is 0.668. The minimum Gasteiger partial charge on any atom is -0.283 e. The van der Waals surface area contributed by atoms with Gasteiger partial charge >= 0.3 is 6.18 Å². The van der Waals surface area contributed by atoms with Crippen molar-refractivity contribution in [2.24, 2.45) is 5.10 Å². The van der Waals surface area contributed by atoms with Gasteiger partial charge in [0.1, 0.15) is 0 Å². The van der Waals surface area contributed by atoms with Crippen LogP contribution in [-0.2, 0) is 4.79 Å². The number of hydrogen-bond acceptors (Lipinski definition) is 3. The zero-order chi connectivity index (χ0) is 13.9. The fraction of sp³-hybridized carbons (Fsp3) is 0.333. The normalized spacial score (nSPS) is 11.9. The lowest BCUT2D eigenvalue weighted by atomic mass is 10.1. The predicted octanol–water partition coefficient (Wildman–Crippen LogP) is 3.14. The average molecular weight is 258 g/mol. The number of hydrogen-bond donors (Lipinski definition) is 1. The van der Waals surface area contributed by atoms with Crippen LogP contribution < -0.4 is 5.43 Å². The van der Waals surface area contributed by atoms with Gasteiger partial charge in [0.15, 0.2) is 0 Å². The first-order chi connectivity index (χ1) is 8.21. The molecule has 0 radical (unpaired) electrons. The van der Waals surface area contributed by atoms with E-state index in [0.29, 0.717) is 5.69 Å². The highest BCUT2D eigenvalue weighted by Gasteiger charge is 2.36. The van der Waals surface area contributed by atoms with E-state index in [0.717, 1.165) is 16.7 Å². The third kappa shape index (κ3) is 3.58. The Morgan fingerprint density at radius 3 is 2.28 bits per heavy atom. The molecule has 0 aliphatic carbocycles. The molecule has 0 saturated carbocycles. The molecule has 0 fully saturated rings. The monoisotopic (exact) mass is 258 g/mol. The molecule has 0 atom stereocenters. The highest BCUT2D eigenvalue weighted by Crippen LogP contribution is 2.20. The zero-order valence-corrected chi connectivity index (χ0v) is 10.2. The maximum atomic E-state index is 11.9. The van der Waals surface area contributed by atoms with Crippen molar-refractivity contribution in [1.82, 2.24) is 0 Å². The largest absolute Gasteiger partial charge is 0.455 e. The van der Waals surface area contributed by atoms with Gasteiger partial charge in [0.25, 0.3) is 5.78 Å². The molecule has 0 amide bonds. The number of benzene rings is 1. The molecule has 0 aliphatic heterocycles. The molecular weight excluding hydrogens is 245 g/mol. The molecule has 6 heteroatoms. The molecule has 1 rings (SSSR count). The van der Waals surface area contributed by atoms with E-state index in [1.807, 2.05) is 19.9 Å². The Kier molecular flexibility index (Phi) is 4.11. The molecular formula is C12H13F3N2O. The minimum atomic E-state index is -4.89. The number of aryl methyl sites for hydroxylation is 3. The van der Waals surface area contributed by atoms with Crippen molar-refractivity contribution in [2.75, 3.05) is 5.43 Å². The molecule has 1 aromatic carbocycles. The first-order valence-corrected chi connectivity index (χ1v) is 5.20. The summed E-state index contributed by atoms with van der Waals surface area (Å²) in [6.07, 6.45) is -4.65. The molecule has 1 N–H and O–H groups in total. The fourth-order valence-electron chi connectivity index (χ4n) is 1.31. The van der Waals surface area contributed by atoms with Gasteiger partial charge in [-0.25, -0.2) is 0 Å². The van der Waals surface area contributed by atoms with Crippen LogP contribution in [0.2, 0.25) is 0 Å². The van der Waals surface area contributed by atoms with Gasteiger partial charge in [0.2, 0.25) is 0 Å². The summed E-state index contributed by atoms with van der Waals surface area (Å²) in [6, 6.07) is 3.65. The van der Waals surface area contributed by atoms with Gasteiger partial charge in [0.05, 0.1) is 11.9 Å². The summed E-state index contributed by atoms with van der Waals surface area (Å²) in [4.78, 5) is 10.5. The van der Waals surface area contributed by atoms with E-state index in [9.17, 15) is 18.0 Å². The van der Waals surface area contributed by atoms with E-state index in [1.165, 1.54) is 0 Å². The minimum absolute atomic E-state index is 0.231. The van der Waals surface area contributed by atoms with E-state index < -0.39 is 12.0 Å². The van der Waals surface area contributed by atoms with Gasteiger partial charge in [-0.2, -0.15) is 18.3 Å². The Balaban J connectivity index is 2.79. The summed E-state index contributed by atoms with van der Waals surface area (Å²) in [5.41, 5.74) is 5.91. The lowest BCUT2D eigenvalue weighted by Gasteiger charge is -2.08. The number of ketones is 1. The molecule has 0 spiro atoms. The number of nitrogens with zero attached hydrogens (tertiary/aromatic N) is 1. The van der Waals surface area contributed by atoms with Gasteiger partial charge < -0.3 is 0 Å². The number of Topliss-reactive ketones (excluding diaryl/α,β-unsaturated/α-hetero) is 1. The number of halogens is 3. The summed E-state index contributed by atoms with van der Waals surface area (Å²) in [5.74, 6) is -1.99. The summed E-state index contributed by atoms with van der Waals surface area (Å²) in [7, 11) is 0. The van der Waals surface area contributed by atoms with Crippen LogP contribution in [0.3, 0.4) is 0 Å². The van der Waals surface area contributed by atoms with Crippen LogP contribution in [0.4, 0.5) is 18.9 Å². The number of alkyl halides is 3. The molecule has 0 heterocycles. The molecule has 0 aliphatic rings. The number of carbonyl (C=O) groups is 1. The van der Waals surface area contributed by atoms with Crippen molar-refractivity contribution in [1.29, 1.82) is 0 Å². The summed E-state index contributed by atoms with van der Waals surface area (Å²) < 4.78 is 35.7. The van der Waals surface area contributed by atoms with Gasteiger partial charge in [-0.3, -0.25) is 10.2 Å². The lowest BCUT2D eigenvalue weighted by Crippen LogP contribution is -2.23. The molecule has 0 unspecified atom stereocenters. The Bertz CT molecular complexity index is 493. The summed E-state index contributed by atoms with van der Waals surface area (Å²) >= 11 is 0. The van der Waals surface area contributed by atoms with Crippen LogP contribution in [0.25, 0.3) is 0 Å². The van der Waals surface area contributed by atoms with Crippen molar-refractivity contribution in [3.05, 3.63) is 28.8 Å². The smallest absolute Gasteiger partial charge is 0.283 e. The Hall–Kier alpha value is -1.85.